The molecule has 0 aliphatic carbocycles. The molecule has 0 unspecified atom stereocenters. The molecular weight excluding hydrogens is 262 g/mol. The van der Waals surface area contributed by atoms with Crippen molar-refractivity contribution in [2.45, 2.75) is 31.8 Å². The van der Waals surface area contributed by atoms with Crippen LogP contribution < -0.4 is 4.90 Å². The zero-order valence-corrected chi connectivity index (χ0v) is 12.1. The summed E-state index contributed by atoms with van der Waals surface area (Å²) in [6.07, 6.45) is 3.10. The molecule has 5 nitrogen and oxygen atoms in total. The lowest BCUT2D eigenvalue weighted by molar-refractivity contribution is 0.391. The van der Waals surface area contributed by atoms with Gasteiger partial charge in [-0.3, -0.25) is 0 Å². The van der Waals surface area contributed by atoms with Crippen molar-refractivity contribution < 1.29 is 8.42 Å². The number of sulfonamides is 1. The van der Waals surface area contributed by atoms with Crippen molar-refractivity contribution in [1.82, 2.24) is 9.29 Å². The van der Waals surface area contributed by atoms with Gasteiger partial charge in [0.2, 0.25) is 10.0 Å². The van der Waals surface area contributed by atoms with Gasteiger partial charge in [-0.25, -0.2) is 13.4 Å². The van der Waals surface area contributed by atoms with Gasteiger partial charge in [-0.15, -0.1) is 0 Å². The third-order valence-corrected chi connectivity index (χ3v) is 5.42. The second kappa shape index (κ2) is 4.45. The van der Waals surface area contributed by atoms with Crippen LogP contribution in [0.1, 0.15) is 18.5 Å². The minimum atomic E-state index is -3.08. The molecule has 1 aromatic rings. The number of anilines is 1. The SMILES string of the molecule is Cc1cccc(N2CC[C@H]3[C@H]2CCN3S(C)(=O)=O)n1. The van der Waals surface area contributed by atoms with E-state index in [1.54, 1.807) is 4.31 Å². The summed E-state index contributed by atoms with van der Waals surface area (Å²) in [5.41, 5.74) is 0.999. The van der Waals surface area contributed by atoms with Gasteiger partial charge in [-0.1, -0.05) is 6.07 Å². The summed E-state index contributed by atoms with van der Waals surface area (Å²) in [5, 5.41) is 0. The summed E-state index contributed by atoms with van der Waals surface area (Å²) in [7, 11) is -3.08. The van der Waals surface area contributed by atoms with Crippen LogP contribution in [0.15, 0.2) is 18.2 Å². The van der Waals surface area contributed by atoms with Crippen molar-refractivity contribution in [1.29, 1.82) is 0 Å². The highest BCUT2D eigenvalue weighted by Gasteiger charge is 2.46. The number of aromatic nitrogens is 1. The van der Waals surface area contributed by atoms with E-state index in [9.17, 15) is 8.42 Å². The van der Waals surface area contributed by atoms with Crippen LogP contribution in [0.3, 0.4) is 0 Å². The Morgan fingerprint density at radius 2 is 1.95 bits per heavy atom. The van der Waals surface area contributed by atoms with Crippen LogP contribution >= 0.6 is 0 Å². The van der Waals surface area contributed by atoms with E-state index in [0.29, 0.717) is 6.54 Å². The molecule has 2 aliphatic rings. The summed E-state index contributed by atoms with van der Waals surface area (Å²) >= 11 is 0. The molecule has 0 N–H and O–H groups in total. The average Bonchev–Trinajstić information content (AvgIpc) is 2.87. The molecule has 6 heteroatoms. The minimum Gasteiger partial charge on any atom is -0.352 e. The lowest BCUT2D eigenvalue weighted by Crippen LogP contribution is -2.39. The Kier molecular flexibility index (Phi) is 3.02. The molecule has 3 heterocycles. The van der Waals surface area contributed by atoms with Gasteiger partial charge in [0.05, 0.1) is 6.26 Å². The molecule has 2 fully saturated rings. The number of fused-ring (bicyclic) bond motifs is 1. The Bertz CT molecular complexity index is 587. The van der Waals surface area contributed by atoms with Crippen LogP contribution in [0.5, 0.6) is 0 Å². The molecule has 0 bridgehead atoms. The topological polar surface area (TPSA) is 53.5 Å². The van der Waals surface area contributed by atoms with Crippen LogP contribution in [0.4, 0.5) is 5.82 Å². The summed E-state index contributed by atoms with van der Waals surface area (Å²) in [4.78, 5) is 6.83. The highest BCUT2D eigenvalue weighted by atomic mass is 32.2. The maximum absolute atomic E-state index is 11.8. The second-order valence-electron chi connectivity index (χ2n) is 5.42. The zero-order chi connectivity index (χ0) is 13.6. The van der Waals surface area contributed by atoms with Gasteiger partial charge in [0.25, 0.3) is 0 Å². The van der Waals surface area contributed by atoms with E-state index < -0.39 is 10.0 Å². The maximum atomic E-state index is 11.8. The minimum absolute atomic E-state index is 0.123. The molecule has 1 aromatic heterocycles. The molecule has 2 atom stereocenters. The van der Waals surface area contributed by atoms with Gasteiger partial charge in [0.15, 0.2) is 0 Å². The molecule has 0 aromatic carbocycles. The molecule has 3 rings (SSSR count). The van der Waals surface area contributed by atoms with Gasteiger partial charge in [-0.05, 0) is 31.9 Å². The Morgan fingerprint density at radius 3 is 2.63 bits per heavy atom. The first-order valence-electron chi connectivity index (χ1n) is 6.64. The molecule has 19 heavy (non-hydrogen) atoms. The first kappa shape index (κ1) is 12.9. The summed E-state index contributed by atoms with van der Waals surface area (Å²) in [6, 6.07) is 6.41. The smallest absolute Gasteiger partial charge is 0.211 e. The monoisotopic (exact) mass is 281 g/mol. The maximum Gasteiger partial charge on any atom is 0.211 e. The Morgan fingerprint density at radius 1 is 1.21 bits per heavy atom. The third kappa shape index (κ3) is 2.23. The summed E-state index contributed by atoms with van der Waals surface area (Å²) in [6.45, 7) is 3.50. The molecule has 0 saturated carbocycles. The van der Waals surface area contributed by atoms with Crippen LogP contribution in [0, 0.1) is 6.92 Å². The van der Waals surface area contributed by atoms with E-state index in [-0.39, 0.29) is 12.1 Å². The first-order chi connectivity index (χ1) is 8.97. The van der Waals surface area contributed by atoms with Crippen molar-refractivity contribution in [3.63, 3.8) is 0 Å². The van der Waals surface area contributed by atoms with E-state index >= 15 is 0 Å². The van der Waals surface area contributed by atoms with Crippen molar-refractivity contribution >= 4 is 15.8 Å². The largest absolute Gasteiger partial charge is 0.352 e. The predicted octanol–water partition coefficient (Wildman–Crippen LogP) is 1.00. The van der Waals surface area contributed by atoms with E-state index in [2.05, 4.69) is 9.88 Å². The fraction of sp³-hybridized carbons (Fsp3) is 0.615. The third-order valence-electron chi connectivity index (χ3n) is 4.12. The fourth-order valence-corrected chi connectivity index (χ4v) is 4.51. The quantitative estimate of drug-likeness (QED) is 0.811. The van der Waals surface area contributed by atoms with Crippen LogP contribution in [-0.2, 0) is 10.0 Å². The number of nitrogens with zero attached hydrogens (tertiary/aromatic N) is 3. The number of pyridine rings is 1. The molecular formula is C13H19N3O2S. The van der Waals surface area contributed by atoms with Crippen LogP contribution in [0.2, 0.25) is 0 Å². The zero-order valence-electron chi connectivity index (χ0n) is 11.3. The van der Waals surface area contributed by atoms with E-state index in [0.717, 1.165) is 30.9 Å². The van der Waals surface area contributed by atoms with Crippen LogP contribution in [0.25, 0.3) is 0 Å². The molecule has 0 radical (unpaired) electrons. The lowest BCUT2D eigenvalue weighted by atomic mass is 10.1. The average molecular weight is 281 g/mol. The Hall–Kier alpha value is -1.14. The van der Waals surface area contributed by atoms with Gasteiger partial charge >= 0.3 is 0 Å². The highest BCUT2D eigenvalue weighted by Crippen LogP contribution is 2.35. The fourth-order valence-electron chi connectivity index (χ4n) is 3.33. The number of hydrogen-bond acceptors (Lipinski definition) is 4. The van der Waals surface area contributed by atoms with Crippen molar-refractivity contribution in [2.75, 3.05) is 24.2 Å². The summed E-state index contributed by atoms with van der Waals surface area (Å²) < 4.78 is 25.2. The van der Waals surface area contributed by atoms with Gasteiger partial charge in [-0.2, -0.15) is 4.31 Å². The van der Waals surface area contributed by atoms with Crippen molar-refractivity contribution in [3.8, 4) is 0 Å². The van der Waals surface area contributed by atoms with Crippen molar-refractivity contribution in [3.05, 3.63) is 23.9 Å². The number of rotatable bonds is 2. The first-order valence-corrected chi connectivity index (χ1v) is 8.49. The lowest BCUT2D eigenvalue weighted by Gasteiger charge is -2.25. The summed E-state index contributed by atoms with van der Waals surface area (Å²) in [5.74, 6) is 0.975. The predicted molar refractivity (Wildman–Crippen MR) is 74.7 cm³/mol. The second-order valence-corrected chi connectivity index (χ2v) is 7.35. The molecule has 2 saturated heterocycles. The van der Waals surface area contributed by atoms with E-state index in [4.69, 9.17) is 0 Å². The number of aryl methyl sites for hydroxylation is 1. The Labute approximate surface area is 114 Å². The number of hydrogen-bond donors (Lipinski definition) is 0. The molecule has 0 amide bonds. The molecule has 2 aliphatic heterocycles. The molecule has 0 spiro atoms. The van der Waals surface area contributed by atoms with Gasteiger partial charge in [0, 0.05) is 30.9 Å². The standard InChI is InChI=1S/C13H19N3O2S/c1-10-4-3-5-13(14-10)15-8-6-12-11(15)7-9-16(12)19(2,17)18/h3-5,11-12H,6-9H2,1-2H3/t11-,12+/m1/s1. The molecule has 104 valence electrons. The van der Waals surface area contributed by atoms with Crippen molar-refractivity contribution in [2.24, 2.45) is 0 Å². The van der Waals surface area contributed by atoms with Gasteiger partial charge < -0.3 is 4.90 Å². The Balaban J connectivity index is 1.86. The van der Waals surface area contributed by atoms with Gasteiger partial charge in [0.1, 0.15) is 5.82 Å². The highest BCUT2D eigenvalue weighted by molar-refractivity contribution is 7.88. The van der Waals surface area contributed by atoms with E-state index in [1.165, 1.54) is 6.26 Å². The van der Waals surface area contributed by atoms with Crippen LogP contribution in [-0.4, -0.2) is 49.1 Å². The normalized spacial score (nSPS) is 27.8. The van der Waals surface area contributed by atoms with E-state index in [1.807, 2.05) is 25.1 Å².